The van der Waals surface area contributed by atoms with Gasteiger partial charge in [-0.1, -0.05) is 0 Å². The van der Waals surface area contributed by atoms with Crippen molar-refractivity contribution in [3.63, 3.8) is 0 Å². The van der Waals surface area contributed by atoms with E-state index in [1.54, 1.807) is 7.11 Å². The summed E-state index contributed by atoms with van der Waals surface area (Å²) in [5.41, 5.74) is -0.446. The van der Waals surface area contributed by atoms with E-state index < -0.39 is 5.60 Å². The number of carbonyl (C=O) groups is 1. The Hall–Kier alpha value is -0.650. The largest absolute Gasteiger partial charge is 0.459 e. The van der Waals surface area contributed by atoms with Gasteiger partial charge in [-0.3, -0.25) is 9.69 Å². The van der Waals surface area contributed by atoms with Gasteiger partial charge in [-0.15, -0.1) is 0 Å². The van der Waals surface area contributed by atoms with E-state index in [9.17, 15) is 4.79 Å². The van der Waals surface area contributed by atoms with Crippen molar-refractivity contribution < 1.29 is 19.0 Å². The zero-order valence-electron chi connectivity index (χ0n) is 13.2. The van der Waals surface area contributed by atoms with Gasteiger partial charge in [-0.2, -0.15) is 0 Å². The van der Waals surface area contributed by atoms with Crippen molar-refractivity contribution in [2.24, 2.45) is 0 Å². The Balaban J connectivity index is 4.14. The fourth-order valence-electron chi connectivity index (χ4n) is 1.46. The van der Waals surface area contributed by atoms with Gasteiger partial charge in [0.15, 0.2) is 0 Å². The lowest BCUT2D eigenvalue weighted by Gasteiger charge is -2.25. The Morgan fingerprint density at radius 2 is 1.74 bits per heavy atom. The zero-order valence-corrected chi connectivity index (χ0v) is 13.2. The normalized spacial score (nSPS) is 12.2. The lowest BCUT2D eigenvalue weighted by molar-refractivity contribution is -0.156. The molecular formula is C14H29NO4. The molecule has 0 saturated heterocycles. The minimum absolute atomic E-state index is 0.200. The summed E-state index contributed by atoms with van der Waals surface area (Å²) in [5, 5.41) is 0. The van der Waals surface area contributed by atoms with Crippen LogP contribution >= 0.6 is 0 Å². The Bertz CT molecular complexity index is 248. The van der Waals surface area contributed by atoms with Crippen LogP contribution in [0.3, 0.4) is 0 Å². The average Bonchev–Trinajstić information content (AvgIpc) is 2.22. The molecule has 0 N–H and O–H groups in total. The first kappa shape index (κ1) is 18.4. The number of ether oxygens (including phenoxy) is 3. The number of carbonyl (C=O) groups excluding carboxylic acids is 1. The van der Waals surface area contributed by atoms with Crippen molar-refractivity contribution in [1.29, 1.82) is 0 Å². The van der Waals surface area contributed by atoms with E-state index in [-0.39, 0.29) is 18.6 Å². The van der Waals surface area contributed by atoms with Crippen molar-refractivity contribution in [3.05, 3.63) is 0 Å². The van der Waals surface area contributed by atoms with Crippen LogP contribution in [0.15, 0.2) is 0 Å². The van der Waals surface area contributed by atoms with Crippen LogP contribution in [-0.2, 0) is 19.0 Å². The molecule has 0 spiro atoms. The minimum atomic E-state index is -0.446. The molecule has 0 unspecified atom stereocenters. The molecule has 0 atom stereocenters. The molecule has 5 nitrogen and oxygen atoms in total. The fourth-order valence-corrected chi connectivity index (χ4v) is 1.46. The van der Waals surface area contributed by atoms with E-state index in [4.69, 9.17) is 14.2 Å². The highest BCUT2D eigenvalue weighted by Gasteiger charge is 2.18. The third-order valence-electron chi connectivity index (χ3n) is 2.24. The highest BCUT2D eigenvalue weighted by molar-refractivity contribution is 5.72. The molecule has 0 aromatic heterocycles. The van der Waals surface area contributed by atoms with E-state index in [1.807, 2.05) is 39.5 Å². The van der Waals surface area contributed by atoms with Gasteiger partial charge in [0.05, 0.1) is 25.9 Å². The molecule has 0 aliphatic carbocycles. The molecule has 0 saturated carbocycles. The van der Waals surface area contributed by atoms with Crippen molar-refractivity contribution in [3.8, 4) is 0 Å². The topological polar surface area (TPSA) is 48.0 Å². The van der Waals surface area contributed by atoms with Crippen LogP contribution in [0.5, 0.6) is 0 Å². The quantitative estimate of drug-likeness (QED) is 0.599. The van der Waals surface area contributed by atoms with Crippen LogP contribution < -0.4 is 0 Å². The number of nitrogens with zero attached hydrogens (tertiary/aromatic N) is 1. The molecule has 0 fully saturated rings. The molecule has 0 bridgehead atoms. The third-order valence-corrected chi connectivity index (χ3v) is 2.24. The maximum atomic E-state index is 11.8. The SMILES string of the molecule is COCCN(CCOC(C)C)CC(=O)OC(C)(C)C. The van der Waals surface area contributed by atoms with Crippen LogP contribution in [0.25, 0.3) is 0 Å². The molecule has 0 rings (SSSR count). The lowest BCUT2D eigenvalue weighted by atomic mass is 10.2. The van der Waals surface area contributed by atoms with Crippen LogP contribution in [0, 0.1) is 0 Å². The Morgan fingerprint density at radius 1 is 1.16 bits per heavy atom. The van der Waals surface area contributed by atoms with Crippen molar-refractivity contribution >= 4 is 5.97 Å². The molecule has 0 aromatic rings. The maximum Gasteiger partial charge on any atom is 0.320 e. The summed E-state index contributed by atoms with van der Waals surface area (Å²) in [6, 6.07) is 0. The summed E-state index contributed by atoms with van der Waals surface area (Å²) in [6.45, 7) is 12.4. The van der Waals surface area contributed by atoms with Gasteiger partial charge < -0.3 is 14.2 Å². The Morgan fingerprint density at radius 3 is 2.21 bits per heavy atom. The molecule has 5 heteroatoms. The van der Waals surface area contributed by atoms with Crippen molar-refractivity contribution in [2.45, 2.75) is 46.3 Å². The van der Waals surface area contributed by atoms with Gasteiger partial charge in [0.1, 0.15) is 5.60 Å². The van der Waals surface area contributed by atoms with Gasteiger partial charge >= 0.3 is 5.97 Å². The monoisotopic (exact) mass is 275 g/mol. The second-order valence-electron chi connectivity index (χ2n) is 5.77. The number of methoxy groups -OCH3 is 1. The van der Waals surface area contributed by atoms with Gasteiger partial charge in [0.2, 0.25) is 0 Å². The molecule has 19 heavy (non-hydrogen) atoms. The Kier molecular flexibility index (Phi) is 8.97. The maximum absolute atomic E-state index is 11.8. The summed E-state index contributed by atoms with van der Waals surface area (Å²) in [4.78, 5) is 13.8. The number of rotatable bonds is 9. The van der Waals surface area contributed by atoms with Crippen molar-refractivity contribution in [2.75, 3.05) is 40.0 Å². The molecule has 0 radical (unpaired) electrons. The second kappa shape index (κ2) is 9.28. The predicted octanol–water partition coefficient (Wildman–Crippen LogP) is 1.70. The van der Waals surface area contributed by atoms with E-state index in [2.05, 4.69) is 0 Å². The first-order valence-electron chi connectivity index (χ1n) is 6.79. The molecule has 0 aliphatic rings. The molecule has 114 valence electrons. The number of esters is 1. The average molecular weight is 275 g/mol. The molecular weight excluding hydrogens is 246 g/mol. The first-order valence-corrected chi connectivity index (χ1v) is 6.79. The van der Waals surface area contributed by atoms with E-state index >= 15 is 0 Å². The molecule has 0 heterocycles. The van der Waals surface area contributed by atoms with Gasteiger partial charge in [-0.25, -0.2) is 0 Å². The molecule has 0 aliphatic heterocycles. The smallest absolute Gasteiger partial charge is 0.320 e. The summed E-state index contributed by atoms with van der Waals surface area (Å²) < 4.78 is 15.9. The minimum Gasteiger partial charge on any atom is -0.459 e. The van der Waals surface area contributed by atoms with Crippen LogP contribution in [0.4, 0.5) is 0 Å². The van der Waals surface area contributed by atoms with Gasteiger partial charge in [0.25, 0.3) is 0 Å². The summed E-state index contributed by atoms with van der Waals surface area (Å²) in [5.74, 6) is -0.215. The number of hydrogen-bond donors (Lipinski definition) is 0. The number of hydrogen-bond acceptors (Lipinski definition) is 5. The second-order valence-corrected chi connectivity index (χ2v) is 5.77. The van der Waals surface area contributed by atoms with Crippen LogP contribution in [0.2, 0.25) is 0 Å². The summed E-state index contributed by atoms with van der Waals surface area (Å²) in [6.07, 6.45) is 0.200. The fraction of sp³-hybridized carbons (Fsp3) is 0.929. The highest BCUT2D eigenvalue weighted by atomic mass is 16.6. The van der Waals surface area contributed by atoms with Gasteiger partial charge in [0, 0.05) is 20.2 Å². The lowest BCUT2D eigenvalue weighted by Crippen LogP contribution is -2.38. The van der Waals surface area contributed by atoms with Crippen molar-refractivity contribution in [1.82, 2.24) is 4.90 Å². The summed E-state index contributed by atoms with van der Waals surface area (Å²) in [7, 11) is 1.65. The van der Waals surface area contributed by atoms with E-state index in [0.29, 0.717) is 26.3 Å². The first-order chi connectivity index (χ1) is 8.74. The van der Waals surface area contributed by atoms with Crippen LogP contribution in [-0.4, -0.2) is 62.5 Å². The zero-order chi connectivity index (χ0) is 14.9. The van der Waals surface area contributed by atoms with E-state index in [1.165, 1.54) is 0 Å². The molecule has 0 aromatic carbocycles. The predicted molar refractivity (Wildman–Crippen MR) is 75.2 cm³/mol. The Labute approximate surface area is 117 Å². The standard InChI is InChI=1S/C14H29NO4/c1-12(2)18-10-8-15(7-9-17-6)11-13(16)19-14(3,4)5/h12H,7-11H2,1-6H3. The van der Waals surface area contributed by atoms with Gasteiger partial charge in [-0.05, 0) is 34.6 Å². The summed E-state index contributed by atoms with van der Waals surface area (Å²) >= 11 is 0. The molecule has 0 amide bonds. The van der Waals surface area contributed by atoms with Crippen LogP contribution in [0.1, 0.15) is 34.6 Å². The third kappa shape index (κ3) is 12.1. The van der Waals surface area contributed by atoms with E-state index in [0.717, 1.165) is 0 Å². The highest BCUT2D eigenvalue weighted by Crippen LogP contribution is 2.07.